The third-order valence-electron chi connectivity index (χ3n) is 2.74. The van der Waals surface area contributed by atoms with Gasteiger partial charge in [-0.3, -0.25) is 4.79 Å². The standard InChI is InChI=1S/C13H14N2O/c1-3-8-15(2)13(16)11-5-4-10-6-7-14-12(10)9-11/h1,4-5,9,14H,6-8H2,2H3. The Kier molecular flexibility index (Phi) is 2.82. The molecule has 0 aromatic heterocycles. The van der Waals surface area contributed by atoms with Gasteiger partial charge in [0.15, 0.2) is 0 Å². The monoisotopic (exact) mass is 214 g/mol. The van der Waals surface area contributed by atoms with E-state index in [9.17, 15) is 4.79 Å². The number of carbonyl (C=O) groups is 1. The van der Waals surface area contributed by atoms with Crippen LogP contribution in [0.15, 0.2) is 18.2 Å². The number of carbonyl (C=O) groups excluding carboxylic acids is 1. The van der Waals surface area contributed by atoms with Gasteiger partial charge in [-0.05, 0) is 24.1 Å². The van der Waals surface area contributed by atoms with Crippen molar-refractivity contribution in [1.82, 2.24) is 4.90 Å². The molecule has 0 saturated carbocycles. The van der Waals surface area contributed by atoms with E-state index in [0.29, 0.717) is 12.1 Å². The van der Waals surface area contributed by atoms with Gasteiger partial charge in [-0.25, -0.2) is 0 Å². The van der Waals surface area contributed by atoms with E-state index < -0.39 is 0 Å². The molecule has 0 spiro atoms. The summed E-state index contributed by atoms with van der Waals surface area (Å²) in [5.74, 6) is 2.43. The lowest BCUT2D eigenvalue weighted by atomic mass is 10.1. The average molecular weight is 214 g/mol. The molecule has 3 heteroatoms. The van der Waals surface area contributed by atoms with E-state index in [0.717, 1.165) is 18.7 Å². The molecule has 2 rings (SSSR count). The van der Waals surface area contributed by atoms with E-state index in [1.54, 1.807) is 7.05 Å². The number of rotatable bonds is 2. The molecular formula is C13H14N2O. The Morgan fingerprint density at radius 1 is 1.62 bits per heavy atom. The van der Waals surface area contributed by atoms with Crippen LogP contribution in [0.3, 0.4) is 0 Å². The summed E-state index contributed by atoms with van der Waals surface area (Å²) < 4.78 is 0. The van der Waals surface area contributed by atoms with E-state index in [1.165, 1.54) is 10.5 Å². The molecule has 0 atom stereocenters. The Morgan fingerprint density at radius 2 is 2.44 bits per heavy atom. The fourth-order valence-corrected chi connectivity index (χ4v) is 1.85. The molecule has 1 amide bonds. The van der Waals surface area contributed by atoms with Crippen molar-refractivity contribution in [1.29, 1.82) is 0 Å². The lowest BCUT2D eigenvalue weighted by molar-refractivity contribution is 0.0812. The summed E-state index contributed by atoms with van der Waals surface area (Å²) in [5, 5.41) is 3.26. The zero-order chi connectivity index (χ0) is 11.5. The highest BCUT2D eigenvalue weighted by Crippen LogP contribution is 2.23. The summed E-state index contributed by atoms with van der Waals surface area (Å²) >= 11 is 0. The summed E-state index contributed by atoms with van der Waals surface area (Å²) in [6, 6.07) is 5.77. The van der Waals surface area contributed by atoms with Gasteiger partial charge in [0.25, 0.3) is 5.91 Å². The molecule has 0 bridgehead atoms. The number of terminal acetylenes is 1. The minimum absolute atomic E-state index is 0.0329. The first-order valence-corrected chi connectivity index (χ1v) is 5.28. The Labute approximate surface area is 95.5 Å². The molecule has 0 unspecified atom stereocenters. The number of nitrogens with zero attached hydrogens (tertiary/aromatic N) is 1. The van der Waals surface area contributed by atoms with Gasteiger partial charge in [-0.15, -0.1) is 6.42 Å². The number of anilines is 1. The maximum Gasteiger partial charge on any atom is 0.254 e. The fourth-order valence-electron chi connectivity index (χ4n) is 1.85. The Morgan fingerprint density at radius 3 is 3.19 bits per heavy atom. The molecule has 0 radical (unpaired) electrons. The van der Waals surface area contributed by atoms with Crippen molar-refractivity contribution in [3.63, 3.8) is 0 Å². The highest BCUT2D eigenvalue weighted by Gasteiger charge is 2.15. The van der Waals surface area contributed by atoms with Gasteiger partial charge in [-0.1, -0.05) is 12.0 Å². The second-order valence-electron chi connectivity index (χ2n) is 3.91. The number of benzene rings is 1. The topological polar surface area (TPSA) is 32.3 Å². The molecule has 1 aromatic carbocycles. The molecule has 3 nitrogen and oxygen atoms in total. The summed E-state index contributed by atoms with van der Waals surface area (Å²) in [4.78, 5) is 13.5. The third-order valence-corrected chi connectivity index (χ3v) is 2.74. The molecule has 0 fully saturated rings. The van der Waals surface area contributed by atoms with Gasteiger partial charge >= 0.3 is 0 Å². The van der Waals surface area contributed by atoms with E-state index >= 15 is 0 Å². The molecule has 0 saturated heterocycles. The van der Waals surface area contributed by atoms with Crippen molar-refractivity contribution < 1.29 is 4.79 Å². The van der Waals surface area contributed by atoms with Crippen LogP contribution in [0, 0.1) is 12.3 Å². The van der Waals surface area contributed by atoms with Crippen molar-refractivity contribution in [2.24, 2.45) is 0 Å². The number of amides is 1. The first-order chi connectivity index (χ1) is 7.72. The fraction of sp³-hybridized carbons (Fsp3) is 0.308. The van der Waals surface area contributed by atoms with Crippen LogP contribution in [0.1, 0.15) is 15.9 Å². The van der Waals surface area contributed by atoms with Crippen LogP contribution in [0.5, 0.6) is 0 Å². The lowest BCUT2D eigenvalue weighted by Gasteiger charge is -2.14. The average Bonchev–Trinajstić information content (AvgIpc) is 2.75. The normalized spacial score (nSPS) is 12.5. The highest BCUT2D eigenvalue weighted by atomic mass is 16.2. The van der Waals surface area contributed by atoms with Crippen LogP contribution in [0.2, 0.25) is 0 Å². The van der Waals surface area contributed by atoms with E-state index in [4.69, 9.17) is 6.42 Å². The van der Waals surface area contributed by atoms with Crippen molar-refractivity contribution in [3.8, 4) is 12.3 Å². The molecule has 1 heterocycles. The molecule has 82 valence electrons. The Hall–Kier alpha value is -1.95. The minimum Gasteiger partial charge on any atom is -0.384 e. The van der Waals surface area contributed by atoms with Crippen LogP contribution in [-0.4, -0.2) is 30.9 Å². The third kappa shape index (κ3) is 1.87. The van der Waals surface area contributed by atoms with Crippen molar-refractivity contribution in [2.75, 3.05) is 25.5 Å². The summed E-state index contributed by atoms with van der Waals surface area (Å²) in [6.45, 7) is 1.29. The van der Waals surface area contributed by atoms with Crippen LogP contribution >= 0.6 is 0 Å². The molecule has 0 aliphatic carbocycles. The predicted molar refractivity (Wildman–Crippen MR) is 64.4 cm³/mol. The molecule has 16 heavy (non-hydrogen) atoms. The van der Waals surface area contributed by atoms with Crippen molar-refractivity contribution in [2.45, 2.75) is 6.42 Å². The number of hydrogen-bond donors (Lipinski definition) is 1. The van der Waals surface area contributed by atoms with E-state index in [-0.39, 0.29) is 5.91 Å². The zero-order valence-electron chi connectivity index (χ0n) is 9.29. The summed E-state index contributed by atoms with van der Waals surface area (Å²) in [6.07, 6.45) is 6.21. The van der Waals surface area contributed by atoms with Gasteiger partial charge in [-0.2, -0.15) is 0 Å². The number of nitrogens with one attached hydrogen (secondary N) is 1. The first kappa shape index (κ1) is 10.6. The SMILES string of the molecule is C#CCN(C)C(=O)c1ccc2c(c1)NCC2. The number of hydrogen-bond acceptors (Lipinski definition) is 2. The second kappa shape index (κ2) is 4.28. The van der Waals surface area contributed by atoms with Crippen LogP contribution < -0.4 is 5.32 Å². The number of fused-ring (bicyclic) bond motifs is 1. The lowest BCUT2D eigenvalue weighted by Crippen LogP contribution is -2.26. The van der Waals surface area contributed by atoms with E-state index in [1.807, 2.05) is 18.2 Å². The highest BCUT2D eigenvalue weighted by molar-refractivity contribution is 5.95. The molecular weight excluding hydrogens is 200 g/mol. The molecule has 1 aromatic rings. The minimum atomic E-state index is -0.0329. The van der Waals surface area contributed by atoms with Gasteiger partial charge in [0.05, 0.1) is 6.54 Å². The summed E-state index contributed by atoms with van der Waals surface area (Å²) in [7, 11) is 1.71. The largest absolute Gasteiger partial charge is 0.384 e. The van der Waals surface area contributed by atoms with Gasteiger partial charge < -0.3 is 10.2 Å². The van der Waals surface area contributed by atoms with Crippen LogP contribution in [0.4, 0.5) is 5.69 Å². The molecule has 1 N–H and O–H groups in total. The van der Waals surface area contributed by atoms with E-state index in [2.05, 4.69) is 11.2 Å². The maximum atomic E-state index is 11.9. The quantitative estimate of drug-likeness (QED) is 0.754. The maximum absolute atomic E-state index is 11.9. The van der Waals surface area contributed by atoms with Crippen molar-refractivity contribution in [3.05, 3.63) is 29.3 Å². The van der Waals surface area contributed by atoms with Gasteiger partial charge in [0, 0.05) is 24.8 Å². The van der Waals surface area contributed by atoms with Gasteiger partial charge in [0.2, 0.25) is 0 Å². The van der Waals surface area contributed by atoms with Gasteiger partial charge in [0.1, 0.15) is 0 Å². The first-order valence-electron chi connectivity index (χ1n) is 5.28. The van der Waals surface area contributed by atoms with Crippen molar-refractivity contribution >= 4 is 11.6 Å². The smallest absolute Gasteiger partial charge is 0.254 e. The Bertz CT molecular complexity index is 459. The predicted octanol–water partition coefficient (Wildman–Crippen LogP) is 1.36. The zero-order valence-corrected chi connectivity index (χ0v) is 9.29. The van der Waals surface area contributed by atoms with Crippen LogP contribution in [-0.2, 0) is 6.42 Å². The second-order valence-corrected chi connectivity index (χ2v) is 3.91. The Balaban J connectivity index is 2.22. The van der Waals surface area contributed by atoms with Crippen LogP contribution in [0.25, 0.3) is 0 Å². The molecule has 1 aliphatic heterocycles. The molecule has 1 aliphatic rings. The summed E-state index contributed by atoms with van der Waals surface area (Å²) in [5.41, 5.74) is 3.03.